The molecule has 128 valence electrons. The molecule has 5 nitrogen and oxygen atoms in total. The van der Waals surface area contributed by atoms with Gasteiger partial charge in [0.25, 0.3) is 0 Å². The lowest BCUT2D eigenvalue weighted by molar-refractivity contribution is -0.127. The first kappa shape index (κ1) is 15.6. The number of nitrogens with zero attached hydrogens (tertiary/aromatic N) is 2. The molecule has 5 atom stereocenters. The lowest BCUT2D eigenvalue weighted by atomic mass is 9.84. The molecule has 2 fully saturated rings. The summed E-state index contributed by atoms with van der Waals surface area (Å²) in [7, 11) is 0. The number of nitrogens with two attached hydrogens (primary N) is 1. The van der Waals surface area contributed by atoms with E-state index in [4.69, 9.17) is 10.7 Å². The van der Waals surface area contributed by atoms with Gasteiger partial charge in [-0.1, -0.05) is 12.1 Å². The summed E-state index contributed by atoms with van der Waals surface area (Å²) in [6.45, 7) is 4.96. The van der Waals surface area contributed by atoms with Crippen LogP contribution in [0, 0.1) is 17.8 Å². The van der Waals surface area contributed by atoms with E-state index >= 15 is 0 Å². The van der Waals surface area contributed by atoms with Crippen LogP contribution in [0.1, 0.15) is 45.0 Å². The Bertz CT molecular complexity index is 766. The molecule has 0 spiro atoms. The fourth-order valence-corrected chi connectivity index (χ4v) is 4.86. The van der Waals surface area contributed by atoms with Crippen molar-refractivity contribution in [2.24, 2.45) is 23.5 Å². The fourth-order valence-electron chi connectivity index (χ4n) is 4.86. The van der Waals surface area contributed by atoms with Gasteiger partial charge < -0.3 is 15.6 Å². The van der Waals surface area contributed by atoms with Gasteiger partial charge >= 0.3 is 0 Å². The maximum absolute atomic E-state index is 12.8. The number of aryl methyl sites for hydroxylation is 1. The Labute approximate surface area is 142 Å². The quantitative estimate of drug-likeness (QED) is 0.907. The molecule has 3 N–H and O–H groups in total. The highest BCUT2D eigenvalue weighted by Crippen LogP contribution is 2.47. The summed E-state index contributed by atoms with van der Waals surface area (Å²) in [6, 6.07) is 8.03. The Balaban J connectivity index is 1.56. The van der Waals surface area contributed by atoms with Gasteiger partial charge in [0, 0.05) is 12.6 Å². The zero-order valence-corrected chi connectivity index (χ0v) is 14.4. The molecule has 1 amide bonds. The molecule has 0 radical (unpaired) electrons. The second-order valence-corrected chi connectivity index (χ2v) is 7.37. The van der Waals surface area contributed by atoms with E-state index in [2.05, 4.69) is 22.9 Å². The zero-order valence-electron chi connectivity index (χ0n) is 14.4. The Morgan fingerprint density at radius 3 is 2.83 bits per heavy atom. The summed E-state index contributed by atoms with van der Waals surface area (Å²) in [4.78, 5) is 17.6. The van der Waals surface area contributed by atoms with Crippen molar-refractivity contribution in [2.75, 3.05) is 0 Å². The van der Waals surface area contributed by atoms with E-state index in [1.165, 1.54) is 6.42 Å². The van der Waals surface area contributed by atoms with E-state index in [0.29, 0.717) is 11.8 Å². The molecule has 2 aromatic rings. The van der Waals surface area contributed by atoms with E-state index in [0.717, 1.165) is 36.2 Å². The van der Waals surface area contributed by atoms with E-state index in [1.54, 1.807) is 0 Å². The van der Waals surface area contributed by atoms with E-state index in [1.807, 2.05) is 25.1 Å². The first-order valence-corrected chi connectivity index (χ1v) is 9.11. The number of amides is 1. The van der Waals surface area contributed by atoms with E-state index in [9.17, 15) is 4.79 Å². The number of para-hydroxylation sites is 2. The van der Waals surface area contributed by atoms with Gasteiger partial charge in [-0.15, -0.1) is 0 Å². The van der Waals surface area contributed by atoms with Crippen LogP contribution in [0.3, 0.4) is 0 Å². The number of imidazole rings is 1. The summed E-state index contributed by atoms with van der Waals surface area (Å²) < 4.78 is 2.18. The first-order valence-electron chi connectivity index (χ1n) is 9.11. The maximum Gasteiger partial charge on any atom is 0.225 e. The van der Waals surface area contributed by atoms with Gasteiger partial charge in [0.1, 0.15) is 5.82 Å². The van der Waals surface area contributed by atoms with Gasteiger partial charge in [0.2, 0.25) is 5.91 Å². The van der Waals surface area contributed by atoms with Gasteiger partial charge in [0.05, 0.1) is 23.0 Å². The second kappa shape index (κ2) is 5.88. The molecule has 5 unspecified atom stereocenters. The van der Waals surface area contributed by atoms with Crippen LogP contribution in [0.2, 0.25) is 0 Å². The van der Waals surface area contributed by atoms with Crippen LogP contribution in [0.4, 0.5) is 0 Å². The minimum atomic E-state index is -0.115. The molecule has 0 saturated heterocycles. The molecule has 1 aromatic carbocycles. The SMILES string of the molecule is CCn1c(C(C)NC(=O)C2C3CCC(C3)C2N)nc2ccccc21. The Morgan fingerprint density at radius 1 is 1.38 bits per heavy atom. The highest BCUT2D eigenvalue weighted by atomic mass is 16.2. The molecule has 0 aliphatic heterocycles. The summed E-state index contributed by atoms with van der Waals surface area (Å²) in [5.41, 5.74) is 8.41. The summed E-state index contributed by atoms with van der Waals surface area (Å²) in [5.74, 6) is 2.02. The largest absolute Gasteiger partial charge is 0.346 e. The highest BCUT2D eigenvalue weighted by molar-refractivity contribution is 5.81. The third kappa shape index (κ3) is 2.34. The molecular formula is C19H26N4O. The molecule has 1 heterocycles. The van der Waals surface area contributed by atoms with Crippen LogP contribution in [-0.4, -0.2) is 21.5 Å². The highest BCUT2D eigenvalue weighted by Gasteiger charge is 2.49. The smallest absolute Gasteiger partial charge is 0.225 e. The molecule has 24 heavy (non-hydrogen) atoms. The second-order valence-electron chi connectivity index (χ2n) is 7.37. The van der Waals surface area contributed by atoms with Gasteiger partial charge in [-0.3, -0.25) is 4.79 Å². The number of benzene rings is 1. The molecule has 2 aliphatic rings. The van der Waals surface area contributed by atoms with Crippen LogP contribution in [-0.2, 0) is 11.3 Å². The van der Waals surface area contributed by atoms with Crippen LogP contribution >= 0.6 is 0 Å². The number of fused-ring (bicyclic) bond motifs is 3. The maximum atomic E-state index is 12.8. The van der Waals surface area contributed by atoms with Crippen molar-refractivity contribution < 1.29 is 4.79 Å². The molecule has 4 rings (SSSR count). The lowest BCUT2D eigenvalue weighted by Gasteiger charge is -2.28. The van der Waals surface area contributed by atoms with E-state index in [-0.39, 0.29) is 23.9 Å². The summed E-state index contributed by atoms with van der Waals surface area (Å²) in [5, 5.41) is 3.19. The third-order valence-corrected chi connectivity index (χ3v) is 6.03. The summed E-state index contributed by atoms with van der Waals surface area (Å²) >= 11 is 0. The molecule has 5 heteroatoms. The van der Waals surface area contributed by atoms with Crippen LogP contribution < -0.4 is 11.1 Å². The number of rotatable bonds is 4. The fraction of sp³-hybridized carbons (Fsp3) is 0.579. The van der Waals surface area contributed by atoms with Crippen molar-refractivity contribution >= 4 is 16.9 Å². The van der Waals surface area contributed by atoms with Crippen molar-refractivity contribution in [3.8, 4) is 0 Å². The number of carbonyl (C=O) groups is 1. The number of carbonyl (C=O) groups excluding carboxylic acids is 1. The molecular weight excluding hydrogens is 300 g/mol. The number of hydrogen-bond donors (Lipinski definition) is 2. The third-order valence-electron chi connectivity index (χ3n) is 6.03. The van der Waals surface area contributed by atoms with Gasteiger partial charge in [-0.2, -0.15) is 0 Å². The van der Waals surface area contributed by atoms with Gasteiger partial charge in [0.15, 0.2) is 0 Å². The Morgan fingerprint density at radius 2 is 2.12 bits per heavy atom. The number of nitrogens with one attached hydrogen (secondary N) is 1. The lowest BCUT2D eigenvalue weighted by Crippen LogP contribution is -2.46. The predicted molar refractivity (Wildman–Crippen MR) is 94.3 cm³/mol. The number of aromatic nitrogens is 2. The van der Waals surface area contributed by atoms with Crippen LogP contribution in [0.25, 0.3) is 11.0 Å². The average molecular weight is 326 g/mol. The normalized spacial score (nSPS) is 30.0. The van der Waals surface area contributed by atoms with Gasteiger partial charge in [-0.05, 0) is 57.1 Å². The monoisotopic (exact) mass is 326 g/mol. The topological polar surface area (TPSA) is 72.9 Å². The minimum absolute atomic E-state index is 0.0225. The molecule has 2 bridgehead atoms. The standard InChI is InChI=1S/C19H26N4O/c1-3-23-15-7-5-4-6-14(15)22-18(23)11(2)21-19(24)16-12-8-9-13(10-12)17(16)20/h4-7,11-13,16-17H,3,8-10,20H2,1-2H3,(H,21,24). The Hall–Kier alpha value is -1.88. The van der Waals surface area contributed by atoms with Crippen molar-refractivity contribution in [2.45, 2.75) is 51.7 Å². The van der Waals surface area contributed by atoms with E-state index < -0.39 is 0 Å². The number of hydrogen-bond acceptors (Lipinski definition) is 3. The van der Waals surface area contributed by atoms with Crippen molar-refractivity contribution in [1.82, 2.24) is 14.9 Å². The first-order chi connectivity index (χ1) is 11.6. The zero-order chi connectivity index (χ0) is 16.8. The van der Waals surface area contributed by atoms with Crippen LogP contribution in [0.15, 0.2) is 24.3 Å². The Kier molecular flexibility index (Phi) is 3.83. The minimum Gasteiger partial charge on any atom is -0.346 e. The van der Waals surface area contributed by atoms with Gasteiger partial charge in [-0.25, -0.2) is 4.98 Å². The average Bonchev–Trinajstić information content (AvgIpc) is 3.26. The molecule has 1 aromatic heterocycles. The predicted octanol–water partition coefficient (Wildman–Crippen LogP) is 2.61. The van der Waals surface area contributed by atoms with Crippen molar-refractivity contribution in [3.63, 3.8) is 0 Å². The van der Waals surface area contributed by atoms with Crippen molar-refractivity contribution in [3.05, 3.63) is 30.1 Å². The summed E-state index contributed by atoms with van der Waals surface area (Å²) in [6.07, 6.45) is 3.47. The van der Waals surface area contributed by atoms with Crippen LogP contribution in [0.5, 0.6) is 0 Å². The van der Waals surface area contributed by atoms with Crippen molar-refractivity contribution in [1.29, 1.82) is 0 Å². The molecule has 2 saturated carbocycles. The molecule has 2 aliphatic carbocycles.